The zero-order valence-electron chi connectivity index (χ0n) is 29.2. The second-order valence-corrected chi connectivity index (χ2v) is 13.1. The molecule has 0 bridgehead atoms. The number of amides is 2. The predicted molar refractivity (Wildman–Crippen MR) is 198 cm³/mol. The highest BCUT2D eigenvalue weighted by Crippen LogP contribution is 2.39. The van der Waals surface area contributed by atoms with Crippen LogP contribution in [0.3, 0.4) is 0 Å². The van der Waals surface area contributed by atoms with E-state index in [1.54, 1.807) is 6.07 Å². The highest BCUT2D eigenvalue weighted by molar-refractivity contribution is 5.92. The summed E-state index contributed by atoms with van der Waals surface area (Å²) in [5.41, 5.74) is 5.22. The van der Waals surface area contributed by atoms with Crippen LogP contribution in [-0.2, 0) is 32.0 Å². The molecule has 9 nitrogen and oxygen atoms in total. The normalized spacial score (nSPS) is 18.6. The molecule has 0 aliphatic carbocycles. The number of hydrogen-bond acceptors (Lipinski definition) is 7. The topological polar surface area (TPSA) is 109 Å². The molecule has 6 rings (SSSR count). The fourth-order valence-electron chi connectivity index (χ4n) is 6.51. The Bertz CT molecular complexity index is 1920. The smallest absolute Gasteiger partial charge is 0.328 e. The number of anilines is 1. The summed E-state index contributed by atoms with van der Waals surface area (Å²) in [4.78, 5) is 27.9. The first-order valence-corrected chi connectivity index (χ1v) is 17.3. The van der Waals surface area contributed by atoms with Crippen molar-refractivity contribution in [3.63, 3.8) is 0 Å². The van der Waals surface area contributed by atoms with Gasteiger partial charge in [0.2, 0.25) is 0 Å². The number of urea groups is 1. The van der Waals surface area contributed by atoms with E-state index in [9.17, 15) is 14.7 Å². The minimum absolute atomic E-state index is 0.0301. The Kier molecular flexibility index (Phi) is 11.8. The van der Waals surface area contributed by atoms with E-state index in [1.165, 1.54) is 23.4 Å². The third-order valence-corrected chi connectivity index (χ3v) is 9.51. The number of nitrogens with one attached hydrogen (secondary N) is 2. The van der Waals surface area contributed by atoms with Crippen molar-refractivity contribution < 1.29 is 28.9 Å². The van der Waals surface area contributed by atoms with Gasteiger partial charge in [-0.2, -0.15) is 0 Å². The molecule has 5 aromatic rings. The van der Waals surface area contributed by atoms with Gasteiger partial charge in [0.05, 0.1) is 25.9 Å². The molecule has 3 N–H and O–H groups in total. The quantitative estimate of drug-likeness (QED) is 0.117. The average Bonchev–Trinajstić information content (AvgIpc) is 3.17. The summed E-state index contributed by atoms with van der Waals surface area (Å²) in [6.07, 6.45) is -0.204. The van der Waals surface area contributed by atoms with Crippen molar-refractivity contribution in [1.82, 2.24) is 10.2 Å². The number of rotatable bonds is 12. The molecule has 0 aromatic heterocycles. The highest BCUT2D eigenvalue weighted by Gasteiger charge is 2.34. The number of carbonyl (C=O) groups excluding carboxylic acids is 2. The Balaban J connectivity index is 1.18. The van der Waals surface area contributed by atoms with Crippen molar-refractivity contribution >= 4 is 28.5 Å². The van der Waals surface area contributed by atoms with Crippen LogP contribution in [0.2, 0.25) is 0 Å². The maximum Gasteiger partial charge on any atom is 0.328 e. The number of fused-ring (bicyclic) bond motifs is 1. The monoisotopic (exact) mass is 687 g/mol. The molecule has 0 radical (unpaired) electrons. The average molecular weight is 688 g/mol. The number of ether oxygens (including phenoxy) is 3. The van der Waals surface area contributed by atoms with Crippen LogP contribution < -0.4 is 10.6 Å². The first-order chi connectivity index (χ1) is 24.8. The van der Waals surface area contributed by atoms with E-state index in [2.05, 4.69) is 72.0 Å². The predicted octanol–water partition coefficient (Wildman–Crippen LogP) is 7.48. The van der Waals surface area contributed by atoms with Crippen molar-refractivity contribution in [2.45, 2.75) is 57.0 Å². The van der Waals surface area contributed by atoms with Crippen LogP contribution in [0.15, 0.2) is 121 Å². The number of methoxy groups -OCH3 is 1. The number of benzene rings is 5. The fraction of sp³-hybridized carbons (Fsp3) is 0.286. The Morgan fingerprint density at radius 2 is 1.59 bits per heavy atom. The molecule has 264 valence electrons. The van der Waals surface area contributed by atoms with Gasteiger partial charge in [0.15, 0.2) is 6.29 Å². The molecule has 2 amide bonds. The largest absolute Gasteiger partial charge is 0.467 e. The number of hydrogen-bond donors (Lipinski definition) is 3. The van der Waals surface area contributed by atoms with E-state index in [1.807, 2.05) is 72.8 Å². The second kappa shape index (κ2) is 16.8. The van der Waals surface area contributed by atoms with E-state index in [4.69, 9.17) is 14.2 Å². The van der Waals surface area contributed by atoms with Crippen LogP contribution in [0.4, 0.5) is 10.5 Å². The Morgan fingerprint density at radius 1 is 0.843 bits per heavy atom. The molecule has 51 heavy (non-hydrogen) atoms. The van der Waals surface area contributed by atoms with Gasteiger partial charge in [-0.15, -0.1) is 0 Å². The van der Waals surface area contributed by atoms with Gasteiger partial charge in [0.25, 0.3) is 0 Å². The lowest BCUT2D eigenvalue weighted by atomic mass is 9.98. The van der Waals surface area contributed by atoms with Gasteiger partial charge in [-0.3, -0.25) is 4.90 Å². The van der Waals surface area contributed by atoms with Crippen molar-refractivity contribution in [3.05, 3.63) is 149 Å². The molecule has 9 heteroatoms. The summed E-state index contributed by atoms with van der Waals surface area (Å²) in [7, 11) is 3.41. The van der Waals surface area contributed by atoms with Crippen LogP contribution >= 0.6 is 0 Å². The van der Waals surface area contributed by atoms with Gasteiger partial charge in [0, 0.05) is 36.7 Å². The lowest BCUT2D eigenvalue weighted by Crippen LogP contribution is -2.45. The molecule has 1 fully saturated rings. The molecule has 5 aromatic carbocycles. The number of carbonyl (C=O) groups is 2. The zero-order chi connectivity index (χ0) is 35.7. The van der Waals surface area contributed by atoms with Crippen molar-refractivity contribution in [2.24, 2.45) is 0 Å². The van der Waals surface area contributed by atoms with Gasteiger partial charge in [-0.05, 0) is 65.2 Å². The SMILES string of the molecule is COC(=O)[C@H](Cc1ccccc1)NC(=O)Nc1cccc([C@H]2O[C@@H](CN(C)[C@H](C)c3ccc4ccccc4c3)C[C@@H](c3ccc(CO)cc3)O2)c1. The number of aliphatic hydroxyl groups is 1. The summed E-state index contributed by atoms with van der Waals surface area (Å²) < 4.78 is 18.2. The molecule has 1 aliphatic heterocycles. The number of aliphatic hydroxyl groups excluding tert-OH is 1. The molecule has 1 heterocycles. The molecule has 0 spiro atoms. The molecule has 0 unspecified atom stereocenters. The Morgan fingerprint density at radius 3 is 2.33 bits per heavy atom. The summed E-state index contributed by atoms with van der Waals surface area (Å²) in [5, 5.41) is 17.6. The zero-order valence-corrected chi connectivity index (χ0v) is 29.2. The Hall–Kier alpha value is -5.06. The third-order valence-electron chi connectivity index (χ3n) is 9.51. The highest BCUT2D eigenvalue weighted by atomic mass is 16.7. The van der Waals surface area contributed by atoms with E-state index in [0.29, 0.717) is 25.1 Å². The summed E-state index contributed by atoms with van der Waals surface area (Å²) >= 11 is 0. The minimum Gasteiger partial charge on any atom is -0.467 e. The molecule has 1 aliphatic rings. The summed E-state index contributed by atoms with van der Waals surface area (Å²) in [6, 6.07) is 38.3. The number of likely N-dealkylation sites (N-methyl/N-ethyl adjacent to an activating group) is 1. The van der Waals surface area contributed by atoms with E-state index >= 15 is 0 Å². The molecule has 1 saturated heterocycles. The maximum absolute atomic E-state index is 13.1. The Labute approximate surface area is 299 Å². The van der Waals surface area contributed by atoms with Crippen molar-refractivity contribution in [3.8, 4) is 0 Å². The van der Waals surface area contributed by atoms with E-state index in [-0.39, 0.29) is 24.9 Å². The summed E-state index contributed by atoms with van der Waals surface area (Å²) in [5.74, 6) is -0.532. The lowest BCUT2D eigenvalue weighted by Gasteiger charge is -2.39. The van der Waals surface area contributed by atoms with Crippen LogP contribution in [0, 0.1) is 0 Å². The first kappa shape index (κ1) is 35.8. The summed E-state index contributed by atoms with van der Waals surface area (Å²) in [6.45, 7) is 2.84. The van der Waals surface area contributed by atoms with E-state index in [0.717, 1.165) is 22.3 Å². The molecule has 5 atom stereocenters. The van der Waals surface area contributed by atoms with Gasteiger partial charge in [0.1, 0.15) is 6.04 Å². The van der Waals surface area contributed by atoms with Gasteiger partial charge in [-0.25, -0.2) is 9.59 Å². The first-order valence-electron chi connectivity index (χ1n) is 17.3. The number of esters is 1. The second-order valence-electron chi connectivity index (χ2n) is 13.1. The molecular weight excluding hydrogens is 642 g/mol. The third kappa shape index (κ3) is 9.19. The van der Waals surface area contributed by atoms with Gasteiger partial charge < -0.3 is 30.0 Å². The van der Waals surface area contributed by atoms with Crippen molar-refractivity contribution in [1.29, 1.82) is 0 Å². The molecule has 0 saturated carbocycles. The van der Waals surface area contributed by atoms with Crippen LogP contribution in [-0.4, -0.2) is 54.9 Å². The van der Waals surface area contributed by atoms with E-state index < -0.39 is 24.3 Å². The van der Waals surface area contributed by atoms with Crippen LogP contribution in [0.25, 0.3) is 10.8 Å². The van der Waals surface area contributed by atoms with Crippen LogP contribution in [0.1, 0.15) is 59.6 Å². The molecular formula is C42H45N3O6. The minimum atomic E-state index is -0.863. The van der Waals surface area contributed by atoms with Crippen LogP contribution in [0.5, 0.6) is 0 Å². The lowest BCUT2D eigenvalue weighted by molar-refractivity contribution is -0.253. The fourth-order valence-corrected chi connectivity index (χ4v) is 6.51. The maximum atomic E-state index is 13.1. The standard InChI is InChI=1S/C42H45N3O6/c1-28(33-21-20-31-12-7-8-13-34(31)23-33)45(2)26-37-25-39(32-18-16-30(27-46)17-19-32)51-41(50-37)35-14-9-15-36(24-35)43-42(48)44-38(40(47)49-3)22-29-10-5-4-6-11-29/h4-21,23-24,28,37-39,41,46H,22,25-27H2,1-3H3,(H2,43,44,48)/t28-,37-,38+,39+,41+/m1/s1. The van der Waals surface area contributed by atoms with Gasteiger partial charge in [-0.1, -0.05) is 103 Å². The number of nitrogens with zero attached hydrogens (tertiary/aromatic N) is 1. The van der Waals surface area contributed by atoms with Crippen molar-refractivity contribution in [2.75, 3.05) is 26.0 Å². The van der Waals surface area contributed by atoms with Gasteiger partial charge >= 0.3 is 12.0 Å².